The van der Waals surface area contributed by atoms with Gasteiger partial charge in [0.05, 0.1) is 6.04 Å². The summed E-state index contributed by atoms with van der Waals surface area (Å²) >= 11 is 0. The third-order valence-electron chi connectivity index (χ3n) is 5.18. The molecule has 0 unspecified atom stereocenters. The Morgan fingerprint density at radius 3 is 2.65 bits per heavy atom. The molecule has 2 heterocycles. The van der Waals surface area contributed by atoms with E-state index in [1.165, 1.54) is 19.3 Å². The van der Waals surface area contributed by atoms with E-state index in [-0.39, 0.29) is 18.1 Å². The van der Waals surface area contributed by atoms with Crippen LogP contribution in [0.2, 0.25) is 0 Å². The summed E-state index contributed by atoms with van der Waals surface area (Å²) in [6, 6.07) is 10.0. The molecule has 0 bridgehead atoms. The number of carbonyl (C=O) groups is 1. The fourth-order valence-electron chi connectivity index (χ4n) is 3.77. The SMILES string of the molecule is O=C(NC1CCCCC1)N[C@@H]1CN[C@H](c2nc(-c3ccccc3)no2)C1. The summed E-state index contributed by atoms with van der Waals surface area (Å²) in [5.74, 6) is 1.16. The van der Waals surface area contributed by atoms with Crippen molar-refractivity contribution in [1.29, 1.82) is 0 Å². The number of rotatable bonds is 4. The Morgan fingerprint density at radius 1 is 1.08 bits per heavy atom. The van der Waals surface area contributed by atoms with Gasteiger partial charge >= 0.3 is 6.03 Å². The highest BCUT2D eigenvalue weighted by molar-refractivity contribution is 5.74. The molecule has 1 aliphatic carbocycles. The van der Waals surface area contributed by atoms with Crippen molar-refractivity contribution < 1.29 is 9.32 Å². The first-order valence-corrected chi connectivity index (χ1v) is 9.47. The van der Waals surface area contributed by atoms with Crippen molar-refractivity contribution in [2.24, 2.45) is 0 Å². The summed E-state index contributed by atoms with van der Waals surface area (Å²) in [7, 11) is 0. The smallest absolute Gasteiger partial charge is 0.315 e. The summed E-state index contributed by atoms with van der Waals surface area (Å²) in [6.45, 7) is 0.700. The van der Waals surface area contributed by atoms with E-state index in [1.807, 2.05) is 30.3 Å². The maximum atomic E-state index is 12.2. The van der Waals surface area contributed by atoms with E-state index < -0.39 is 0 Å². The molecule has 0 spiro atoms. The lowest BCUT2D eigenvalue weighted by Gasteiger charge is -2.23. The zero-order valence-corrected chi connectivity index (χ0v) is 14.8. The molecule has 2 aliphatic rings. The molecule has 4 rings (SSSR count). The number of hydrogen-bond acceptors (Lipinski definition) is 5. The molecule has 138 valence electrons. The molecule has 26 heavy (non-hydrogen) atoms. The Bertz CT molecular complexity index is 727. The van der Waals surface area contributed by atoms with E-state index in [1.54, 1.807) is 0 Å². The number of nitrogens with one attached hydrogen (secondary N) is 3. The van der Waals surface area contributed by atoms with Gasteiger partial charge in [0, 0.05) is 24.2 Å². The minimum absolute atomic E-state index is 0.0278. The number of amides is 2. The minimum atomic E-state index is -0.0696. The van der Waals surface area contributed by atoms with Crippen molar-refractivity contribution >= 4 is 6.03 Å². The predicted octanol–water partition coefficient (Wildman–Crippen LogP) is 2.77. The van der Waals surface area contributed by atoms with Crippen molar-refractivity contribution in [3.05, 3.63) is 36.2 Å². The monoisotopic (exact) mass is 355 g/mol. The van der Waals surface area contributed by atoms with Crippen LogP contribution in [0.15, 0.2) is 34.9 Å². The van der Waals surface area contributed by atoms with Crippen molar-refractivity contribution in [1.82, 2.24) is 26.1 Å². The second-order valence-electron chi connectivity index (χ2n) is 7.17. The normalized spacial score (nSPS) is 23.7. The van der Waals surface area contributed by atoms with Gasteiger partial charge in [0.1, 0.15) is 0 Å². The van der Waals surface area contributed by atoms with Crippen LogP contribution in [-0.4, -0.2) is 34.8 Å². The molecule has 2 atom stereocenters. The largest absolute Gasteiger partial charge is 0.337 e. The van der Waals surface area contributed by atoms with Gasteiger partial charge < -0.3 is 20.5 Å². The zero-order chi connectivity index (χ0) is 17.8. The zero-order valence-electron chi connectivity index (χ0n) is 14.8. The van der Waals surface area contributed by atoms with Crippen LogP contribution in [-0.2, 0) is 0 Å². The topological polar surface area (TPSA) is 92.1 Å². The van der Waals surface area contributed by atoms with E-state index in [4.69, 9.17) is 4.52 Å². The van der Waals surface area contributed by atoms with Crippen molar-refractivity contribution in [3.8, 4) is 11.4 Å². The third-order valence-corrected chi connectivity index (χ3v) is 5.18. The van der Waals surface area contributed by atoms with Crippen LogP contribution in [0.3, 0.4) is 0 Å². The van der Waals surface area contributed by atoms with E-state index in [2.05, 4.69) is 26.1 Å². The summed E-state index contributed by atoms with van der Waals surface area (Å²) in [5.41, 5.74) is 0.932. The third kappa shape index (κ3) is 4.04. The second-order valence-corrected chi connectivity index (χ2v) is 7.17. The summed E-state index contributed by atoms with van der Waals surface area (Å²) in [4.78, 5) is 16.7. The Labute approximate surface area is 152 Å². The summed E-state index contributed by atoms with van der Waals surface area (Å²) in [6.07, 6.45) is 6.61. The molecule has 1 saturated heterocycles. The maximum absolute atomic E-state index is 12.2. The van der Waals surface area contributed by atoms with Crippen LogP contribution < -0.4 is 16.0 Å². The lowest BCUT2D eigenvalue weighted by Crippen LogP contribution is -2.47. The van der Waals surface area contributed by atoms with Gasteiger partial charge in [-0.15, -0.1) is 0 Å². The van der Waals surface area contributed by atoms with Gasteiger partial charge in [0.15, 0.2) is 0 Å². The highest BCUT2D eigenvalue weighted by Crippen LogP contribution is 2.24. The van der Waals surface area contributed by atoms with Crippen molar-refractivity contribution in [2.75, 3.05) is 6.54 Å². The van der Waals surface area contributed by atoms with Gasteiger partial charge in [-0.25, -0.2) is 4.79 Å². The lowest BCUT2D eigenvalue weighted by atomic mass is 9.96. The molecule has 0 radical (unpaired) electrons. The average Bonchev–Trinajstić information content (AvgIpc) is 3.32. The number of aromatic nitrogens is 2. The van der Waals surface area contributed by atoms with Gasteiger partial charge in [0.25, 0.3) is 0 Å². The van der Waals surface area contributed by atoms with E-state index in [0.29, 0.717) is 24.3 Å². The van der Waals surface area contributed by atoms with E-state index in [0.717, 1.165) is 24.8 Å². The van der Waals surface area contributed by atoms with Crippen LogP contribution in [0.4, 0.5) is 4.79 Å². The second kappa shape index (κ2) is 7.86. The Hall–Kier alpha value is -2.41. The molecule has 2 aromatic rings. The standard InChI is InChI=1S/C19H25N5O2/c25-19(21-14-9-5-2-6-10-14)22-15-11-16(20-12-15)18-23-17(24-26-18)13-7-3-1-4-8-13/h1,3-4,7-8,14-16,20H,2,5-6,9-12H2,(H2,21,22,25)/t15-,16-/m0/s1. The average molecular weight is 355 g/mol. The summed E-state index contributed by atoms with van der Waals surface area (Å²) < 4.78 is 5.43. The molecule has 1 saturated carbocycles. The molecule has 1 aromatic heterocycles. The molecular formula is C19H25N5O2. The molecule has 2 amide bonds. The van der Waals surface area contributed by atoms with Gasteiger partial charge in [-0.2, -0.15) is 4.98 Å². The molecule has 7 nitrogen and oxygen atoms in total. The number of carbonyl (C=O) groups excluding carboxylic acids is 1. The van der Waals surface area contributed by atoms with E-state index in [9.17, 15) is 4.79 Å². The molecular weight excluding hydrogens is 330 g/mol. The quantitative estimate of drug-likeness (QED) is 0.784. The Kier molecular flexibility index (Phi) is 5.15. The summed E-state index contributed by atoms with van der Waals surface area (Å²) in [5, 5.41) is 13.6. The maximum Gasteiger partial charge on any atom is 0.315 e. The van der Waals surface area contributed by atoms with Gasteiger partial charge in [0.2, 0.25) is 11.7 Å². The van der Waals surface area contributed by atoms with Crippen molar-refractivity contribution in [2.45, 2.75) is 56.7 Å². The van der Waals surface area contributed by atoms with Crippen LogP contribution in [0, 0.1) is 0 Å². The minimum Gasteiger partial charge on any atom is -0.337 e. The van der Waals surface area contributed by atoms with Crippen LogP contribution in [0.5, 0.6) is 0 Å². The highest BCUT2D eigenvalue weighted by Gasteiger charge is 2.31. The fraction of sp³-hybridized carbons (Fsp3) is 0.526. The van der Waals surface area contributed by atoms with Gasteiger partial charge in [-0.05, 0) is 19.3 Å². The number of benzene rings is 1. The first-order chi connectivity index (χ1) is 12.8. The molecule has 7 heteroatoms. The first-order valence-electron chi connectivity index (χ1n) is 9.47. The van der Waals surface area contributed by atoms with E-state index >= 15 is 0 Å². The lowest BCUT2D eigenvalue weighted by molar-refractivity contribution is 0.229. The Balaban J connectivity index is 1.29. The molecule has 1 aliphatic heterocycles. The predicted molar refractivity (Wildman–Crippen MR) is 97.4 cm³/mol. The van der Waals surface area contributed by atoms with Crippen LogP contribution in [0.25, 0.3) is 11.4 Å². The van der Waals surface area contributed by atoms with Crippen LogP contribution >= 0.6 is 0 Å². The number of hydrogen-bond donors (Lipinski definition) is 3. The molecule has 1 aromatic carbocycles. The van der Waals surface area contributed by atoms with Crippen LogP contribution in [0.1, 0.15) is 50.5 Å². The van der Waals surface area contributed by atoms with Gasteiger partial charge in [-0.1, -0.05) is 54.8 Å². The molecule has 3 N–H and O–H groups in total. The highest BCUT2D eigenvalue weighted by atomic mass is 16.5. The number of nitrogens with zero attached hydrogens (tertiary/aromatic N) is 2. The Morgan fingerprint density at radius 2 is 1.85 bits per heavy atom. The van der Waals surface area contributed by atoms with Crippen molar-refractivity contribution in [3.63, 3.8) is 0 Å². The molecule has 2 fully saturated rings. The number of urea groups is 1. The van der Waals surface area contributed by atoms with Gasteiger partial charge in [-0.3, -0.25) is 0 Å². The fourth-order valence-corrected chi connectivity index (χ4v) is 3.77. The first kappa shape index (κ1) is 17.0.